The number of fused-ring (bicyclic) bond motifs is 1. The number of rotatable bonds is 6. The predicted octanol–water partition coefficient (Wildman–Crippen LogP) is 2.20. The normalized spacial score (nSPS) is 10.6. The minimum Gasteiger partial charge on any atom is -1.00 e. The molecule has 1 aromatic heterocycles. The molecule has 0 radical (unpaired) electrons. The van der Waals surface area contributed by atoms with Gasteiger partial charge in [0.25, 0.3) is 0 Å². The minimum atomic E-state index is 0. The zero-order valence-corrected chi connectivity index (χ0v) is 18.5. The maximum absolute atomic E-state index is 6.49. The van der Waals surface area contributed by atoms with E-state index in [1.165, 1.54) is 0 Å². The number of nitrogen functional groups attached to an aromatic ring is 1. The minimum absolute atomic E-state index is 0. The third kappa shape index (κ3) is 4.59. The first-order chi connectivity index (χ1) is 14.0. The number of nitrogens with zero attached hydrogens (tertiary/aromatic N) is 2. The number of halogens is 3. The summed E-state index contributed by atoms with van der Waals surface area (Å²) in [4.78, 5) is 0. The van der Waals surface area contributed by atoms with E-state index in [4.69, 9.17) is 38.4 Å². The second-order valence-corrected chi connectivity index (χ2v) is 7.49. The van der Waals surface area contributed by atoms with E-state index in [1.54, 1.807) is 24.3 Å². The monoisotopic (exact) mass is 463 g/mol. The van der Waals surface area contributed by atoms with Crippen LogP contribution in [0.4, 0.5) is 5.95 Å². The largest absolute Gasteiger partial charge is 1.00 e. The van der Waals surface area contributed by atoms with Crippen LogP contribution in [0.5, 0.6) is 11.5 Å². The molecule has 0 aliphatic heterocycles. The zero-order chi connectivity index (χ0) is 20.4. The number of benzene rings is 3. The molecule has 0 bridgehead atoms. The van der Waals surface area contributed by atoms with E-state index in [0.29, 0.717) is 27.5 Å². The number of para-hydroxylation sites is 1. The summed E-state index contributed by atoms with van der Waals surface area (Å²) in [5.74, 6) is 1.88. The molecule has 4 aromatic rings. The molecule has 30 heavy (non-hydrogen) atoms. The van der Waals surface area contributed by atoms with Gasteiger partial charge in [-0.1, -0.05) is 47.5 Å². The highest BCUT2D eigenvalue weighted by molar-refractivity contribution is 6.31. The van der Waals surface area contributed by atoms with Crippen molar-refractivity contribution in [2.45, 2.75) is 20.4 Å². The molecule has 1 heterocycles. The summed E-state index contributed by atoms with van der Waals surface area (Å²) in [5.41, 5.74) is 9.52. The van der Waals surface area contributed by atoms with E-state index in [-0.39, 0.29) is 25.9 Å². The van der Waals surface area contributed by atoms with Crippen LogP contribution >= 0.6 is 23.2 Å². The number of ether oxygens (including phenoxy) is 2. The second kappa shape index (κ2) is 9.47. The average molecular weight is 465 g/mol. The van der Waals surface area contributed by atoms with Gasteiger partial charge in [-0.05, 0) is 55.0 Å². The summed E-state index contributed by atoms with van der Waals surface area (Å²) < 4.78 is 15.7. The Labute approximate surface area is 190 Å². The fourth-order valence-corrected chi connectivity index (χ4v) is 3.61. The van der Waals surface area contributed by atoms with Crippen molar-refractivity contribution in [2.24, 2.45) is 0 Å². The van der Waals surface area contributed by atoms with Gasteiger partial charge in [-0.2, -0.15) is 9.13 Å². The SMILES string of the molecule is Cc1cccc2c1[n+](COc1cccc(Cl)c1)c(N)n2COc1cccc(Cl)c1.[Cl-]. The number of anilines is 1. The molecule has 0 saturated carbocycles. The van der Waals surface area contributed by atoms with Gasteiger partial charge in [0, 0.05) is 10.0 Å². The van der Waals surface area contributed by atoms with Gasteiger partial charge in [-0.3, -0.25) is 5.73 Å². The van der Waals surface area contributed by atoms with Gasteiger partial charge in [0.05, 0.1) is 0 Å². The fraction of sp³-hybridized carbons (Fsp3) is 0.136. The van der Waals surface area contributed by atoms with Crippen LogP contribution in [0, 0.1) is 6.92 Å². The quantitative estimate of drug-likeness (QED) is 0.445. The van der Waals surface area contributed by atoms with Crippen molar-refractivity contribution in [1.29, 1.82) is 0 Å². The molecule has 0 amide bonds. The van der Waals surface area contributed by atoms with E-state index >= 15 is 0 Å². The summed E-state index contributed by atoms with van der Waals surface area (Å²) in [6, 6.07) is 20.6. The van der Waals surface area contributed by atoms with E-state index in [1.807, 2.05) is 58.5 Å². The lowest BCUT2D eigenvalue weighted by Gasteiger charge is -2.07. The van der Waals surface area contributed by atoms with Crippen LogP contribution in [0.1, 0.15) is 5.56 Å². The highest BCUT2D eigenvalue weighted by Crippen LogP contribution is 2.23. The fourth-order valence-electron chi connectivity index (χ4n) is 3.25. The van der Waals surface area contributed by atoms with Crippen LogP contribution in [-0.2, 0) is 13.5 Å². The van der Waals surface area contributed by atoms with E-state index < -0.39 is 0 Å². The van der Waals surface area contributed by atoms with Crippen LogP contribution in [0.3, 0.4) is 0 Å². The number of aryl methyl sites for hydroxylation is 1. The van der Waals surface area contributed by atoms with Gasteiger partial charge in [0.1, 0.15) is 22.5 Å². The van der Waals surface area contributed by atoms with Gasteiger partial charge in [-0.25, -0.2) is 0 Å². The maximum Gasteiger partial charge on any atom is 0.361 e. The Morgan fingerprint density at radius 1 is 0.900 bits per heavy atom. The lowest BCUT2D eigenvalue weighted by atomic mass is 10.2. The topological polar surface area (TPSA) is 53.3 Å². The van der Waals surface area contributed by atoms with Crippen LogP contribution in [0.15, 0.2) is 66.7 Å². The molecule has 0 aliphatic carbocycles. The van der Waals surface area contributed by atoms with Crippen molar-refractivity contribution < 1.29 is 26.4 Å². The summed E-state index contributed by atoms with van der Waals surface area (Å²) in [5, 5.41) is 1.24. The Hall–Kier alpha value is -2.60. The maximum atomic E-state index is 6.49. The third-order valence-corrected chi connectivity index (χ3v) is 5.11. The molecule has 0 atom stereocenters. The Morgan fingerprint density at radius 2 is 1.50 bits per heavy atom. The van der Waals surface area contributed by atoms with Crippen molar-refractivity contribution in [3.05, 3.63) is 82.3 Å². The van der Waals surface area contributed by atoms with Gasteiger partial charge in [0.2, 0.25) is 13.5 Å². The summed E-state index contributed by atoms with van der Waals surface area (Å²) in [6.45, 7) is 2.54. The van der Waals surface area contributed by atoms with Gasteiger partial charge < -0.3 is 21.9 Å². The Bertz CT molecular complexity index is 1180. The number of imidazole rings is 1. The molecular weight excluding hydrogens is 445 g/mol. The van der Waals surface area contributed by atoms with Crippen LogP contribution < -0.4 is 32.2 Å². The van der Waals surface area contributed by atoms with Crippen molar-refractivity contribution in [2.75, 3.05) is 5.73 Å². The second-order valence-electron chi connectivity index (χ2n) is 6.62. The lowest BCUT2D eigenvalue weighted by Crippen LogP contribution is -3.00. The molecule has 0 fully saturated rings. The smallest absolute Gasteiger partial charge is 0.361 e. The molecule has 8 heteroatoms. The zero-order valence-electron chi connectivity index (χ0n) is 16.2. The summed E-state index contributed by atoms with van der Waals surface area (Å²) in [7, 11) is 0. The average Bonchev–Trinajstić information content (AvgIpc) is 2.97. The van der Waals surface area contributed by atoms with Crippen LogP contribution in [0.2, 0.25) is 10.0 Å². The molecule has 0 spiro atoms. The standard InChI is InChI=1S/C22H19Cl2N3O2.ClH/c1-15-5-2-10-20-21(15)27(14-29-19-9-4-7-17(24)12-19)22(25)26(20)13-28-18-8-3-6-16(23)11-18;/h2-12,25H,13-14H2,1H3;1H. The van der Waals surface area contributed by atoms with Gasteiger partial charge in [-0.15, -0.1) is 0 Å². The first kappa shape index (κ1) is 22.1. The first-order valence-corrected chi connectivity index (χ1v) is 9.82. The first-order valence-electron chi connectivity index (χ1n) is 9.07. The molecule has 4 rings (SSSR count). The van der Waals surface area contributed by atoms with Crippen molar-refractivity contribution in [1.82, 2.24) is 4.57 Å². The van der Waals surface area contributed by atoms with Gasteiger partial charge in [0.15, 0.2) is 0 Å². The van der Waals surface area contributed by atoms with E-state index in [2.05, 4.69) is 0 Å². The summed E-state index contributed by atoms with van der Waals surface area (Å²) in [6.07, 6.45) is 0. The Kier molecular flexibility index (Phi) is 6.98. The molecule has 0 unspecified atom stereocenters. The molecule has 3 aromatic carbocycles. The van der Waals surface area contributed by atoms with Crippen molar-refractivity contribution in [3.8, 4) is 11.5 Å². The van der Waals surface area contributed by atoms with Crippen LogP contribution in [0.25, 0.3) is 11.0 Å². The van der Waals surface area contributed by atoms with Crippen molar-refractivity contribution >= 4 is 40.2 Å². The third-order valence-electron chi connectivity index (χ3n) is 4.64. The molecule has 0 aliphatic rings. The molecular formula is C22H20Cl3N3O2. The predicted molar refractivity (Wildman–Crippen MR) is 115 cm³/mol. The molecule has 2 N–H and O–H groups in total. The number of hydrogen-bond donors (Lipinski definition) is 1. The number of nitrogens with two attached hydrogens (primary N) is 1. The Morgan fingerprint density at radius 3 is 2.13 bits per heavy atom. The Balaban J connectivity index is 0.00000256. The van der Waals surface area contributed by atoms with Gasteiger partial charge >= 0.3 is 5.95 Å². The number of hydrogen-bond acceptors (Lipinski definition) is 3. The van der Waals surface area contributed by atoms with Crippen LogP contribution in [-0.4, -0.2) is 4.57 Å². The molecule has 0 saturated heterocycles. The van der Waals surface area contributed by atoms with E-state index in [0.717, 1.165) is 16.6 Å². The molecule has 156 valence electrons. The lowest BCUT2D eigenvalue weighted by molar-refractivity contribution is -0.687. The highest BCUT2D eigenvalue weighted by Gasteiger charge is 2.23. The number of aromatic nitrogens is 2. The summed E-state index contributed by atoms with van der Waals surface area (Å²) >= 11 is 12.1. The molecule has 5 nitrogen and oxygen atoms in total. The van der Waals surface area contributed by atoms with E-state index in [9.17, 15) is 0 Å². The highest BCUT2D eigenvalue weighted by atomic mass is 35.5. The van der Waals surface area contributed by atoms with Crippen molar-refractivity contribution in [3.63, 3.8) is 0 Å².